The molecule has 0 aliphatic carbocycles. The van der Waals surface area contributed by atoms with Crippen molar-refractivity contribution < 1.29 is 18.5 Å². The molecule has 3 rings (SSSR count). The van der Waals surface area contributed by atoms with Gasteiger partial charge in [-0.05, 0) is 70.5 Å². The first-order chi connectivity index (χ1) is 16.5. The molecule has 0 saturated carbocycles. The van der Waals surface area contributed by atoms with Crippen molar-refractivity contribution in [3.63, 3.8) is 0 Å². The van der Waals surface area contributed by atoms with Gasteiger partial charge in [0.15, 0.2) is 0 Å². The number of carbonyl (C=O) groups excluding carboxylic acids is 2. The van der Waals surface area contributed by atoms with Gasteiger partial charge in [0.1, 0.15) is 5.25 Å². The number of hydrogen-bond acceptors (Lipinski definition) is 5. The molecule has 9 heteroatoms. The quantitative estimate of drug-likeness (QED) is 0.431. The van der Waals surface area contributed by atoms with Gasteiger partial charge in [-0.3, -0.25) is 13.8 Å². The summed E-state index contributed by atoms with van der Waals surface area (Å²) in [7, 11) is -1.70. The van der Waals surface area contributed by atoms with E-state index >= 15 is 0 Å². The van der Waals surface area contributed by atoms with E-state index in [0.29, 0.717) is 35.0 Å². The van der Waals surface area contributed by atoms with Crippen LogP contribution >= 0.6 is 23.2 Å². The van der Waals surface area contributed by atoms with Crippen molar-refractivity contribution in [2.75, 3.05) is 18.0 Å². The predicted molar refractivity (Wildman–Crippen MR) is 142 cm³/mol. The first-order valence-electron chi connectivity index (χ1n) is 11.8. The van der Waals surface area contributed by atoms with E-state index in [-0.39, 0.29) is 29.1 Å². The number of benzene rings is 2. The minimum Gasteiger partial charge on any atom is -0.462 e. The lowest BCUT2D eigenvalue weighted by molar-refractivity contribution is -0.147. The summed E-state index contributed by atoms with van der Waals surface area (Å²) < 4.78 is 18.3. The number of halogens is 2. The smallest absolute Gasteiger partial charge is 0.322 e. The Morgan fingerprint density at radius 2 is 1.80 bits per heavy atom. The molecule has 0 bridgehead atoms. The van der Waals surface area contributed by atoms with Gasteiger partial charge in [-0.25, -0.2) is 0 Å². The zero-order valence-corrected chi connectivity index (χ0v) is 23.0. The van der Waals surface area contributed by atoms with E-state index in [2.05, 4.69) is 11.8 Å². The highest BCUT2D eigenvalue weighted by molar-refractivity contribution is 7.86. The maximum absolute atomic E-state index is 13.4. The maximum atomic E-state index is 13.4. The second-order valence-electron chi connectivity index (χ2n) is 8.89. The highest BCUT2D eigenvalue weighted by Gasteiger charge is 2.34. The van der Waals surface area contributed by atoms with Crippen molar-refractivity contribution in [3.05, 3.63) is 58.1 Å². The molecule has 2 aromatic rings. The monoisotopic (exact) mass is 538 g/mol. The number of anilines is 1. The topological polar surface area (TPSA) is 66.9 Å². The summed E-state index contributed by atoms with van der Waals surface area (Å²) in [4.78, 5) is 30.1. The van der Waals surface area contributed by atoms with Gasteiger partial charge >= 0.3 is 5.97 Å². The molecule has 5 atom stereocenters. The van der Waals surface area contributed by atoms with Crippen LogP contribution in [0, 0.1) is 0 Å². The van der Waals surface area contributed by atoms with Gasteiger partial charge in [-0.15, -0.1) is 0 Å². The Labute approximate surface area is 220 Å². The van der Waals surface area contributed by atoms with Crippen LogP contribution in [0.15, 0.2) is 47.4 Å². The van der Waals surface area contributed by atoms with Crippen molar-refractivity contribution in [2.45, 2.75) is 69.4 Å². The van der Waals surface area contributed by atoms with Gasteiger partial charge < -0.3 is 14.5 Å². The Bertz CT molecular complexity index is 1110. The van der Waals surface area contributed by atoms with Crippen molar-refractivity contribution in [1.82, 2.24) is 4.90 Å². The molecule has 190 valence electrons. The van der Waals surface area contributed by atoms with E-state index in [4.69, 9.17) is 27.9 Å². The van der Waals surface area contributed by atoms with Crippen LogP contribution in [0.3, 0.4) is 0 Å². The molecular formula is C26H32Cl2N2O4S. The molecule has 0 spiro atoms. The van der Waals surface area contributed by atoms with E-state index in [9.17, 15) is 13.8 Å². The molecule has 1 fully saturated rings. The van der Waals surface area contributed by atoms with Gasteiger partial charge in [0.05, 0.1) is 26.8 Å². The summed E-state index contributed by atoms with van der Waals surface area (Å²) in [6.45, 7) is 10.6. The van der Waals surface area contributed by atoms with Crippen LogP contribution in [0.2, 0.25) is 10.0 Å². The number of ether oxygens (including phenoxy) is 1. The first kappa shape index (κ1) is 27.5. The van der Waals surface area contributed by atoms with Crippen molar-refractivity contribution in [1.29, 1.82) is 0 Å². The van der Waals surface area contributed by atoms with Crippen molar-refractivity contribution >= 4 is 51.6 Å². The van der Waals surface area contributed by atoms with E-state index < -0.39 is 22.0 Å². The number of piperazine rings is 1. The second-order valence-corrected chi connectivity index (χ2v) is 11.5. The zero-order valence-electron chi connectivity index (χ0n) is 20.7. The van der Waals surface area contributed by atoms with Gasteiger partial charge in [0.2, 0.25) is 0 Å². The minimum atomic E-state index is -1.70. The first-order valence-corrected chi connectivity index (χ1v) is 13.8. The summed E-state index contributed by atoms with van der Waals surface area (Å²) >= 11 is 12.6. The number of amides is 1. The number of hydrogen-bond donors (Lipinski definition) is 0. The summed E-state index contributed by atoms with van der Waals surface area (Å²) in [5.74, 6) is -0.673. The lowest BCUT2D eigenvalue weighted by atomic mass is 10.0. The van der Waals surface area contributed by atoms with Crippen LogP contribution in [0.1, 0.15) is 51.4 Å². The summed E-state index contributed by atoms with van der Waals surface area (Å²) in [6, 6.07) is 12.4. The fourth-order valence-corrected chi connectivity index (χ4v) is 5.72. The van der Waals surface area contributed by atoms with E-state index in [1.807, 2.05) is 43.0 Å². The number of carbonyl (C=O) groups is 2. The number of rotatable bonds is 7. The fourth-order valence-electron chi connectivity index (χ4n) is 4.07. The van der Waals surface area contributed by atoms with E-state index in [0.717, 1.165) is 5.69 Å². The molecule has 4 unspecified atom stereocenters. The molecule has 0 radical (unpaired) electrons. The Hall–Kier alpha value is -2.09. The van der Waals surface area contributed by atoms with Crippen LogP contribution in [0.5, 0.6) is 0 Å². The normalized spacial score (nSPS) is 20.8. The molecule has 1 aliphatic rings. The van der Waals surface area contributed by atoms with Crippen LogP contribution in [-0.2, 0) is 20.3 Å². The minimum absolute atomic E-state index is 0.0573. The SMILES string of the molecule is CCC(C)OC(=O)C(C)S(=O)c1ccc(C(=O)N2CCN(c3cccc(Cl)c3)C(C)[C@@H]2C)cc1Cl. The van der Waals surface area contributed by atoms with E-state index in [1.54, 1.807) is 26.0 Å². The highest BCUT2D eigenvalue weighted by atomic mass is 35.5. The molecule has 0 N–H and O–H groups in total. The lowest BCUT2D eigenvalue weighted by Gasteiger charge is -2.46. The standard InChI is InChI=1S/C26H32Cl2N2O4S/c1-6-16(2)34-26(32)19(5)35(33)24-11-10-20(14-23(24)28)25(31)30-13-12-29(17(3)18(30)4)22-9-7-8-21(27)15-22/h7-11,14-19H,6,12-13H2,1-5H3/t16?,17?,18-,19?,35?/m0/s1. The molecule has 35 heavy (non-hydrogen) atoms. The fraction of sp³-hybridized carbons (Fsp3) is 0.462. The third-order valence-electron chi connectivity index (χ3n) is 6.60. The average molecular weight is 540 g/mol. The molecule has 1 aliphatic heterocycles. The Balaban J connectivity index is 1.73. The Morgan fingerprint density at radius 3 is 2.43 bits per heavy atom. The number of nitrogens with zero attached hydrogens (tertiary/aromatic N) is 2. The molecular weight excluding hydrogens is 507 g/mol. The average Bonchev–Trinajstić information content (AvgIpc) is 2.84. The summed E-state index contributed by atoms with van der Waals surface area (Å²) in [6.07, 6.45) is 0.425. The maximum Gasteiger partial charge on any atom is 0.322 e. The van der Waals surface area contributed by atoms with Crippen LogP contribution in [0.4, 0.5) is 5.69 Å². The summed E-state index contributed by atoms with van der Waals surface area (Å²) in [5, 5.41) is -0.00503. The van der Waals surface area contributed by atoms with E-state index in [1.165, 1.54) is 6.07 Å². The largest absolute Gasteiger partial charge is 0.462 e. The van der Waals surface area contributed by atoms with Gasteiger partial charge in [-0.1, -0.05) is 36.2 Å². The van der Waals surface area contributed by atoms with Crippen molar-refractivity contribution in [2.24, 2.45) is 0 Å². The number of esters is 1. The van der Waals surface area contributed by atoms with Gasteiger partial charge in [0, 0.05) is 41.4 Å². The van der Waals surface area contributed by atoms with Gasteiger partial charge in [-0.2, -0.15) is 0 Å². The molecule has 2 aromatic carbocycles. The second kappa shape index (κ2) is 11.8. The molecule has 6 nitrogen and oxygen atoms in total. The molecule has 1 amide bonds. The Morgan fingerprint density at radius 1 is 1.09 bits per heavy atom. The van der Waals surface area contributed by atoms with Crippen molar-refractivity contribution in [3.8, 4) is 0 Å². The summed E-state index contributed by atoms with van der Waals surface area (Å²) in [5.41, 5.74) is 1.45. The van der Waals surface area contributed by atoms with Crippen LogP contribution in [-0.4, -0.2) is 57.5 Å². The third-order valence-corrected chi connectivity index (χ3v) is 8.89. The molecule has 1 heterocycles. The lowest BCUT2D eigenvalue weighted by Crippen LogP contribution is -2.59. The third kappa shape index (κ3) is 6.19. The van der Waals surface area contributed by atoms with Crippen LogP contribution in [0.25, 0.3) is 0 Å². The molecule has 1 saturated heterocycles. The van der Waals surface area contributed by atoms with Crippen LogP contribution < -0.4 is 4.90 Å². The van der Waals surface area contributed by atoms with Gasteiger partial charge in [0.25, 0.3) is 5.91 Å². The predicted octanol–water partition coefficient (Wildman–Crippen LogP) is 5.57. The highest BCUT2D eigenvalue weighted by Crippen LogP contribution is 2.29. The zero-order chi connectivity index (χ0) is 25.9. The molecule has 0 aromatic heterocycles. The Kier molecular flexibility index (Phi) is 9.24.